The number of piperazine rings is 1. The number of anilines is 1. The lowest BCUT2D eigenvalue weighted by atomic mass is 10.2. The molecule has 0 spiro atoms. The first kappa shape index (κ1) is 18.4. The topological polar surface area (TPSA) is 86.4 Å². The summed E-state index contributed by atoms with van der Waals surface area (Å²) in [4.78, 5) is 29.0. The third-order valence-electron chi connectivity index (χ3n) is 4.90. The first-order valence-corrected chi connectivity index (χ1v) is 9.43. The van der Waals surface area contributed by atoms with E-state index < -0.39 is 0 Å². The molecule has 1 amide bonds. The molecule has 28 heavy (non-hydrogen) atoms. The van der Waals surface area contributed by atoms with Crippen LogP contribution >= 0.6 is 0 Å². The van der Waals surface area contributed by atoms with Crippen LogP contribution in [0.5, 0.6) is 5.88 Å². The van der Waals surface area contributed by atoms with E-state index in [1.165, 1.54) is 0 Å². The average molecular weight is 380 g/mol. The molecule has 1 fully saturated rings. The SMILES string of the molecule is CN1CCN(CCOc2ccc3[nH]cc(C(=O)Nc4ccccn4)c3n2)CC1. The summed E-state index contributed by atoms with van der Waals surface area (Å²) in [6, 6.07) is 9.07. The molecule has 0 bridgehead atoms. The second-order valence-corrected chi connectivity index (χ2v) is 6.91. The Labute approximate surface area is 163 Å². The molecule has 146 valence electrons. The van der Waals surface area contributed by atoms with Gasteiger partial charge in [-0.2, -0.15) is 0 Å². The van der Waals surface area contributed by atoms with E-state index in [0.29, 0.717) is 29.4 Å². The maximum absolute atomic E-state index is 12.6. The van der Waals surface area contributed by atoms with Crippen LogP contribution < -0.4 is 10.1 Å². The number of aromatic amines is 1. The van der Waals surface area contributed by atoms with Crippen molar-refractivity contribution >= 4 is 22.8 Å². The Kier molecular flexibility index (Phi) is 5.50. The lowest BCUT2D eigenvalue weighted by molar-refractivity contribution is 0.102. The number of likely N-dealkylation sites (N-methyl/N-ethyl adjacent to an activating group) is 1. The van der Waals surface area contributed by atoms with E-state index in [0.717, 1.165) is 38.2 Å². The van der Waals surface area contributed by atoms with Gasteiger partial charge in [0.05, 0.1) is 11.1 Å². The maximum Gasteiger partial charge on any atom is 0.260 e. The number of carbonyl (C=O) groups is 1. The molecule has 8 nitrogen and oxygen atoms in total. The number of nitrogens with zero attached hydrogens (tertiary/aromatic N) is 4. The van der Waals surface area contributed by atoms with Crippen molar-refractivity contribution < 1.29 is 9.53 Å². The van der Waals surface area contributed by atoms with Crippen LogP contribution in [-0.2, 0) is 0 Å². The zero-order valence-electron chi connectivity index (χ0n) is 15.9. The number of ether oxygens (including phenoxy) is 1. The van der Waals surface area contributed by atoms with Crippen LogP contribution in [0.25, 0.3) is 11.0 Å². The summed E-state index contributed by atoms with van der Waals surface area (Å²) >= 11 is 0. The first-order chi connectivity index (χ1) is 13.7. The normalized spacial score (nSPS) is 15.6. The van der Waals surface area contributed by atoms with Gasteiger partial charge < -0.3 is 19.9 Å². The molecule has 4 heterocycles. The third kappa shape index (κ3) is 4.29. The largest absolute Gasteiger partial charge is 0.476 e. The summed E-state index contributed by atoms with van der Waals surface area (Å²) in [6.07, 6.45) is 3.29. The van der Waals surface area contributed by atoms with Gasteiger partial charge in [-0.15, -0.1) is 0 Å². The second-order valence-electron chi connectivity index (χ2n) is 6.91. The molecule has 0 aliphatic carbocycles. The summed E-state index contributed by atoms with van der Waals surface area (Å²) in [6.45, 7) is 5.73. The lowest BCUT2D eigenvalue weighted by Crippen LogP contribution is -2.45. The fourth-order valence-electron chi connectivity index (χ4n) is 3.21. The average Bonchev–Trinajstić information content (AvgIpc) is 3.14. The van der Waals surface area contributed by atoms with Crippen molar-refractivity contribution in [2.45, 2.75) is 0 Å². The Balaban J connectivity index is 1.40. The summed E-state index contributed by atoms with van der Waals surface area (Å²) in [5.41, 5.74) is 1.84. The van der Waals surface area contributed by atoms with Crippen LogP contribution in [0.1, 0.15) is 10.4 Å². The Bertz CT molecular complexity index is 934. The van der Waals surface area contributed by atoms with Gasteiger partial charge in [-0.05, 0) is 25.2 Å². The molecule has 0 aromatic carbocycles. The Morgan fingerprint density at radius 1 is 1.21 bits per heavy atom. The minimum absolute atomic E-state index is 0.257. The van der Waals surface area contributed by atoms with Crippen molar-refractivity contribution in [2.75, 3.05) is 51.7 Å². The summed E-state index contributed by atoms with van der Waals surface area (Å²) in [5, 5.41) is 2.78. The smallest absolute Gasteiger partial charge is 0.260 e. The van der Waals surface area contributed by atoms with Crippen LogP contribution in [0.2, 0.25) is 0 Å². The number of hydrogen-bond acceptors (Lipinski definition) is 6. The number of H-pyrrole nitrogens is 1. The van der Waals surface area contributed by atoms with E-state index in [1.54, 1.807) is 24.5 Å². The van der Waals surface area contributed by atoms with E-state index in [9.17, 15) is 4.79 Å². The predicted octanol–water partition coefficient (Wildman–Crippen LogP) is 1.84. The fourth-order valence-corrected chi connectivity index (χ4v) is 3.21. The molecule has 4 rings (SSSR count). The van der Waals surface area contributed by atoms with Gasteiger partial charge in [-0.3, -0.25) is 9.69 Å². The zero-order chi connectivity index (χ0) is 19.3. The van der Waals surface area contributed by atoms with Crippen LogP contribution in [0.4, 0.5) is 5.82 Å². The van der Waals surface area contributed by atoms with Crippen molar-refractivity contribution in [3.63, 3.8) is 0 Å². The van der Waals surface area contributed by atoms with Crippen molar-refractivity contribution in [1.82, 2.24) is 24.8 Å². The van der Waals surface area contributed by atoms with Crippen LogP contribution in [0.3, 0.4) is 0 Å². The molecular formula is C20H24N6O2. The van der Waals surface area contributed by atoms with E-state index in [1.807, 2.05) is 18.2 Å². The molecule has 0 unspecified atom stereocenters. The van der Waals surface area contributed by atoms with Gasteiger partial charge in [0.2, 0.25) is 5.88 Å². The Morgan fingerprint density at radius 3 is 2.86 bits per heavy atom. The van der Waals surface area contributed by atoms with E-state index in [-0.39, 0.29) is 5.91 Å². The predicted molar refractivity (Wildman–Crippen MR) is 108 cm³/mol. The van der Waals surface area contributed by atoms with Gasteiger partial charge in [-0.1, -0.05) is 6.07 Å². The monoisotopic (exact) mass is 380 g/mol. The number of hydrogen-bond donors (Lipinski definition) is 2. The van der Waals surface area contributed by atoms with Crippen molar-refractivity contribution in [3.05, 3.63) is 48.3 Å². The molecule has 0 saturated carbocycles. The highest BCUT2D eigenvalue weighted by Gasteiger charge is 2.16. The maximum atomic E-state index is 12.6. The number of amides is 1. The van der Waals surface area contributed by atoms with Gasteiger partial charge in [0, 0.05) is 51.2 Å². The highest BCUT2D eigenvalue weighted by atomic mass is 16.5. The molecule has 0 radical (unpaired) electrons. The molecule has 0 atom stereocenters. The number of fused-ring (bicyclic) bond motifs is 1. The third-order valence-corrected chi connectivity index (χ3v) is 4.90. The van der Waals surface area contributed by atoms with Gasteiger partial charge in [0.25, 0.3) is 5.91 Å². The van der Waals surface area contributed by atoms with Crippen LogP contribution in [-0.4, -0.2) is 77.0 Å². The quantitative estimate of drug-likeness (QED) is 0.679. The van der Waals surface area contributed by atoms with E-state index in [2.05, 4.69) is 37.1 Å². The van der Waals surface area contributed by atoms with E-state index in [4.69, 9.17) is 4.74 Å². The molecule has 2 N–H and O–H groups in total. The van der Waals surface area contributed by atoms with Gasteiger partial charge >= 0.3 is 0 Å². The first-order valence-electron chi connectivity index (χ1n) is 9.43. The highest BCUT2D eigenvalue weighted by Crippen LogP contribution is 2.20. The van der Waals surface area contributed by atoms with Gasteiger partial charge in [0.1, 0.15) is 17.9 Å². The Morgan fingerprint density at radius 2 is 2.07 bits per heavy atom. The van der Waals surface area contributed by atoms with Crippen molar-refractivity contribution in [1.29, 1.82) is 0 Å². The van der Waals surface area contributed by atoms with Gasteiger partial charge in [0.15, 0.2) is 0 Å². The van der Waals surface area contributed by atoms with Crippen LogP contribution in [0.15, 0.2) is 42.7 Å². The standard InChI is InChI=1S/C20H24N6O2/c1-25-8-10-26(11-9-25)12-13-28-18-6-5-16-19(24-18)15(14-22-16)20(27)23-17-4-2-3-7-21-17/h2-7,14,22H,8-13H2,1H3,(H,21,23,27). The molecule has 3 aromatic rings. The van der Waals surface area contributed by atoms with Gasteiger partial charge in [-0.25, -0.2) is 9.97 Å². The number of nitrogens with one attached hydrogen (secondary N) is 2. The minimum atomic E-state index is -0.257. The molecular weight excluding hydrogens is 356 g/mol. The number of rotatable bonds is 6. The number of aromatic nitrogens is 3. The number of pyridine rings is 2. The molecule has 1 aliphatic rings. The van der Waals surface area contributed by atoms with Crippen LogP contribution in [0, 0.1) is 0 Å². The molecule has 3 aromatic heterocycles. The summed E-state index contributed by atoms with van der Waals surface area (Å²) in [5.74, 6) is 0.765. The van der Waals surface area contributed by atoms with E-state index >= 15 is 0 Å². The minimum Gasteiger partial charge on any atom is -0.476 e. The summed E-state index contributed by atoms with van der Waals surface area (Å²) in [7, 11) is 2.14. The molecule has 8 heteroatoms. The lowest BCUT2D eigenvalue weighted by Gasteiger charge is -2.32. The molecule has 1 aliphatic heterocycles. The fraction of sp³-hybridized carbons (Fsp3) is 0.350. The Hall–Kier alpha value is -2.97. The van der Waals surface area contributed by atoms with Crippen molar-refractivity contribution in [2.24, 2.45) is 0 Å². The second kappa shape index (κ2) is 8.37. The summed E-state index contributed by atoms with van der Waals surface area (Å²) < 4.78 is 5.84. The molecule has 1 saturated heterocycles. The highest BCUT2D eigenvalue weighted by molar-refractivity contribution is 6.11. The zero-order valence-corrected chi connectivity index (χ0v) is 15.9. The number of carbonyl (C=O) groups excluding carboxylic acids is 1. The van der Waals surface area contributed by atoms with Crippen molar-refractivity contribution in [3.8, 4) is 5.88 Å².